The summed E-state index contributed by atoms with van der Waals surface area (Å²) < 4.78 is 0. The van der Waals surface area contributed by atoms with Crippen molar-refractivity contribution >= 4 is 12.3 Å². The van der Waals surface area contributed by atoms with Gasteiger partial charge in [-0.2, -0.15) is 0 Å². The summed E-state index contributed by atoms with van der Waals surface area (Å²) in [6.45, 7) is 14.0. The Hall–Kier alpha value is -1.42. The van der Waals surface area contributed by atoms with Crippen LogP contribution in [0.4, 0.5) is 0 Å². The molecule has 0 heterocycles. The van der Waals surface area contributed by atoms with E-state index in [2.05, 4.69) is 53.7 Å². The first kappa shape index (κ1) is 24.3. The molecule has 0 spiro atoms. The van der Waals surface area contributed by atoms with Gasteiger partial charge in [0.05, 0.1) is 12.0 Å². The number of rotatable bonds is 3. The van der Waals surface area contributed by atoms with Crippen LogP contribution in [0, 0.1) is 50.2 Å². The molecule has 5 aliphatic rings. The van der Waals surface area contributed by atoms with Gasteiger partial charge in [-0.3, -0.25) is 9.59 Å². The number of hydrogen-bond donors (Lipinski definition) is 2. The third-order valence-electron chi connectivity index (χ3n) is 12.6. The third kappa shape index (κ3) is 2.70. The van der Waals surface area contributed by atoms with Crippen molar-refractivity contribution in [2.75, 3.05) is 6.61 Å². The molecule has 0 aliphatic heterocycles. The lowest BCUT2D eigenvalue weighted by molar-refractivity contribution is -0.172. The number of aliphatic hydroxyl groups is 1. The summed E-state index contributed by atoms with van der Waals surface area (Å²) in [6, 6.07) is 0. The molecule has 34 heavy (non-hydrogen) atoms. The van der Waals surface area contributed by atoms with Crippen molar-refractivity contribution in [3.8, 4) is 0 Å². The van der Waals surface area contributed by atoms with Gasteiger partial charge in [0.15, 0.2) is 0 Å². The zero-order valence-electron chi connectivity index (χ0n) is 22.0. The number of fused-ring (bicyclic) bond motifs is 7. The lowest BCUT2D eigenvalue weighted by Crippen LogP contribution is -2.62. The average molecular weight is 469 g/mol. The number of allylic oxidation sites excluding steroid dienone is 3. The van der Waals surface area contributed by atoms with E-state index in [9.17, 15) is 19.8 Å². The second-order valence-corrected chi connectivity index (χ2v) is 14.3. The molecule has 2 N–H and O–H groups in total. The number of carbonyl (C=O) groups is 2. The van der Waals surface area contributed by atoms with E-state index in [1.165, 1.54) is 5.57 Å². The largest absolute Gasteiger partial charge is 0.481 e. The van der Waals surface area contributed by atoms with Gasteiger partial charge >= 0.3 is 5.97 Å². The zero-order valence-corrected chi connectivity index (χ0v) is 22.0. The van der Waals surface area contributed by atoms with Crippen molar-refractivity contribution in [3.05, 3.63) is 23.3 Å². The molecule has 0 aromatic heterocycles. The van der Waals surface area contributed by atoms with Crippen LogP contribution in [0.1, 0.15) is 92.9 Å². The number of aliphatic carboxylic acids is 1. The van der Waals surface area contributed by atoms with E-state index >= 15 is 0 Å². The lowest BCUT2D eigenvalue weighted by atomic mass is 9.35. The Balaban J connectivity index is 1.64. The second-order valence-electron chi connectivity index (χ2n) is 14.3. The van der Waals surface area contributed by atoms with E-state index in [1.54, 1.807) is 0 Å². The maximum Gasteiger partial charge on any atom is 0.310 e. The maximum absolute atomic E-state index is 12.8. The Morgan fingerprint density at radius 3 is 2.32 bits per heavy atom. The normalized spacial score (nSPS) is 51.2. The van der Waals surface area contributed by atoms with Gasteiger partial charge in [-0.25, -0.2) is 0 Å². The molecule has 0 amide bonds. The molecule has 0 aromatic rings. The van der Waals surface area contributed by atoms with Crippen LogP contribution in [0.3, 0.4) is 0 Å². The second kappa shape index (κ2) is 7.08. The summed E-state index contributed by atoms with van der Waals surface area (Å²) in [5.74, 6) is 0.0751. The number of carboxylic acid groups (broad SMARTS) is 1. The van der Waals surface area contributed by atoms with Crippen LogP contribution in [-0.4, -0.2) is 29.1 Å². The minimum atomic E-state index is -0.623. The Morgan fingerprint density at radius 2 is 1.71 bits per heavy atom. The zero-order chi connectivity index (χ0) is 24.9. The van der Waals surface area contributed by atoms with Crippen LogP contribution in [0.2, 0.25) is 0 Å². The number of aliphatic hydroxyl groups excluding tert-OH is 1. The molecule has 0 unspecified atom stereocenters. The van der Waals surface area contributed by atoms with Gasteiger partial charge in [-0.1, -0.05) is 59.3 Å². The van der Waals surface area contributed by atoms with E-state index in [4.69, 9.17) is 0 Å². The molecular weight excluding hydrogens is 424 g/mol. The highest BCUT2D eigenvalue weighted by molar-refractivity contribution is 5.78. The summed E-state index contributed by atoms with van der Waals surface area (Å²) in [7, 11) is 0. The Bertz CT molecular complexity index is 992. The topological polar surface area (TPSA) is 74.6 Å². The first-order valence-electron chi connectivity index (χ1n) is 13.5. The summed E-state index contributed by atoms with van der Waals surface area (Å²) in [6.07, 6.45) is 12.9. The molecule has 0 aromatic carbocycles. The molecule has 0 radical (unpaired) electrons. The monoisotopic (exact) mass is 468 g/mol. The van der Waals surface area contributed by atoms with Crippen molar-refractivity contribution in [1.82, 2.24) is 0 Å². The van der Waals surface area contributed by atoms with Gasteiger partial charge in [-0.15, -0.1) is 0 Å². The van der Waals surface area contributed by atoms with Gasteiger partial charge in [0, 0.05) is 10.8 Å². The standard InChI is InChI=1S/C30H44O4/c1-25(2)11-13-30(24(33)34)14-12-27(4)20(21(30)16-25)7-8-23-28(27,5)10-9-22-26(3,18-32)15-19(17-31)29(22,23)6/h7,15,17,21-23,32H,8-14,16,18H2,1-6H3,(H,33,34)/t21-,22-,23-,26-,27+,28+,29-,30-/m0/s1. The molecule has 4 heteroatoms. The van der Waals surface area contributed by atoms with Crippen LogP contribution >= 0.6 is 0 Å². The quantitative estimate of drug-likeness (QED) is 0.382. The summed E-state index contributed by atoms with van der Waals surface area (Å²) >= 11 is 0. The fourth-order valence-electron chi connectivity index (χ4n) is 10.2. The maximum atomic E-state index is 12.8. The van der Waals surface area contributed by atoms with E-state index < -0.39 is 11.4 Å². The molecule has 5 aliphatic carbocycles. The fraction of sp³-hybridized carbons (Fsp3) is 0.800. The average Bonchev–Trinajstić information content (AvgIpc) is 3.00. The first-order chi connectivity index (χ1) is 15.7. The van der Waals surface area contributed by atoms with Crippen molar-refractivity contribution in [3.63, 3.8) is 0 Å². The van der Waals surface area contributed by atoms with Crippen LogP contribution < -0.4 is 0 Å². The molecule has 3 fully saturated rings. The van der Waals surface area contributed by atoms with Crippen LogP contribution in [0.25, 0.3) is 0 Å². The number of hydrogen-bond acceptors (Lipinski definition) is 3. The van der Waals surface area contributed by atoms with Gasteiger partial charge in [0.2, 0.25) is 0 Å². The predicted molar refractivity (Wildman–Crippen MR) is 133 cm³/mol. The molecule has 5 rings (SSSR count). The Labute approximate surface area is 205 Å². The lowest BCUT2D eigenvalue weighted by Gasteiger charge is -2.68. The van der Waals surface area contributed by atoms with E-state index in [-0.39, 0.29) is 45.5 Å². The minimum Gasteiger partial charge on any atom is -0.481 e. The molecule has 0 bridgehead atoms. The number of aldehydes is 1. The molecule has 188 valence electrons. The van der Waals surface area contributed by atoms with E-state index in [0.29, 0.717) is 5.92 Å². The van der Waals surface area contributed by atoms with Crippen LogP contribution in [0.5, 0.6) is 0 Å². The SMILES string of the molecule is CC1(C)CC[C@]2(C(=O)O)CC[C@]3(C)C(=CC[C@@H]4[C@@]5(C)C(C=O)=C[C@@](C)(CO)[C@@H]5CC[C@]43C)[C@@H]2C1. The first-order valence-corrected chi connectivity index (χ1v) is 13.5. The molecule has 3 saturated carbocycles. The molecule has 0 saturated heterocycles. The van der Waals surface area contributed by atoms with E-state index in [1.807, 2.05) is 0 Å². The number of carboxylic acids is 1. The van der Waals surface area contributed by atoms with Crippen molar-refractivity contribution in [1.29, 1.82) is 0 Å². The molecule has 4 nitrogen and oxygen atoms in total. The molecular formula is C30H44O4. The predicted octanol–water partition coefficient (Wildman–Crippen LogP) is 6.19. The Kier molecular flexibility index (Phi) is 5.06. The van der Waals surface area contributed by atoms with Crippen LogP contribution in [0.15, 0.2) is 23.3 Å². The minimum absolute atomic E-state index is 0.00259. The molecule has 8 atom stereocenters. The summed E-state index contributed by atoms with van der Waals surface area (Å²) in [5, 5.41) is 20.8. The van der Waals surface area contributed by atoms with Gasteiger partial charge in [0.1, 0.15) is 6.29 Å². The highest BCUT2D eigenvalue weighted by Crippen LogP contribution is 2.76. The van der Waals surface area contributed by atoms with E-state index in [0.717, 1.165) is 63.2 Å². The number of carbonyl (C=O) groups excluding carboxylic acids is 1. The van der Waals surface area contributed by atoms with Gasteiger partial charge in [-0.05, 0) is 90.9 Å². The fourth-order valence-corrected chi connectivity index (χ4v) is 10.2. The highest BCUT2D eigenvalue weighted by atomic mass is 16.4. The highest BCUT2D eigenvalue weighted by Gasteiger charge is 2.70. The van der Waals surface area contributed by atoms with Gasteiger partial charge < -0.3 is 10.2 Å². The third-order valence-corrected chi connectivity index (χ3v) is 12.6. The smallest absolute Gasteiger partial charge is 0.310 e. The van der Waals surface area contributed by atoms with Crippen molar-refractivity contribution in [2.45, 2.75) is 92.9 Å². The van der Waals surface area contributed by atoms with Gasteiger partial charge in [0.25, 0.3) is 0 Å². The van der Waals surface area contributed by atoms with Crippen molar-refractivity contribution in [2.24, 2.45) is 50.2 Å². The summed E-state index contributed by atoms with van der Waals surface area (Å²) in [4.78, 5) is 25.1. The summed E-state index contributed by atoms with van der Waals surface area (Å²) in [5.41, 5.74) is 1.15. The Morgan fingerprint density at radius 1 is 1.03 bits per heavy atom. The van der Waals surface area contributed by atoms with Crippen LogP contribution in [-0.2, 0) is 9.59 Å². The van der Waals surface area contributed by atoms with Crippen molar-refractivity contribution < 1.29 is 19.8 Å².